The van der Waals surface area contributed by atoms with Crippen molar-refractivity contribution in [3.63, 3.8) is 0 Å². The Morgan fingerprint density at radius 2 is 2.00 bits per heavy atom. The maximum atomic E-state index is 14.6. The summed E-state index contributed by atoms with van der Waals surface area (Å²) in [6, 6.07) is 12.1. The fraction of sp³-hybridized carbons (Fsp3) is 0.407. The molecule has 2 aromatic carbocycles. The van der Waals surface area contributed by atoms with Crippen LogP contribution in [0.25, 0.3) is 11.3 Å². The summed E-state index contributed by atoms with van der Waals surface area (Å²) in [6.07, 6.45) is 2.89. The van der Waals surface area contributed by atoms with E-state index in [-0.39, 0.29) is 18.9 Å². The number of methoxy groups -OCH3 is 1. The smallest absolute Gasteiger partial charge is 0.303 e. The van der Waals surface area contributed by atoms with E-state index >= 15 is 0 Å². The van der Waals surface area contributed by atoms with Gasteiger partial charge in [-0.2, -0.15) is 0 Å². The number of carbonyl (C=O) groups is 1. The predicted octanol–water partition coefficient (Wildman–Crippen LogP) is 6.24. The van der Waals surface area contributed by atoms with Gasteiger partial charge in [0.15, 0.2) is 5.76 Å². The van der Waals surface area contributed by atoms with Crippen molar-refractivity contribution < 1.29 is 28.3 Å². The molecule has 1 heterocycles. The first-order valence-electron chi connectivity index (χ1n) is 11.6. The Morgan fingerprint density at radius 3 is 2.68 bits per heavy atom. The highest BCUT2D eigenvalue weighted by atomic mass is 19.1. The van der Waals surface area contributed by atoms with E-state index in [4.69, 9.17) is 14.0 Å². The number of aliphatic carboxylic acids is 1. The third-order valence-corrected chi connectivity index (χ3v) is 6.15. The summed E-state index contributed by atoms with van der Waals surface area (Å²) in [5.74, 6) is 1.06. The summed E-state index contributed by atoms with van der Waals surface area (Å²) < 4.78 is 31.5. The van der Waals surface area contributed by atoms with Crippen LogP contribution in [0.1, 0.15) is 55.8 Å². The van der Waals surface area contributed by atoms with E-state index in [1.165, 1.54) is 13.2 Å². The van der Waals surface area contributed by atoms with Crippen molar-refractivity contribution in [2.24, 2.45) is 11.8 Å². The molecule has 1 aliphatic carbocycles. The normalized spacial score (nSPS) is 14.3. The number of carboxylic acid groups (broad SMARTS) is 1. The third-order valence-electron chi connectivity index (χ3n) is 6.15. The van der Waals surface area contributed by atoms with Crippen LogP contribution in [0.2, 0.25) is 0 Å². The zero-order valence-corrected chi connectivity index (χ0v) is 19.7. The van der Waals surface area contributed by atoms with E-state index in [0.29, 0.717) is 46.8 Å². The fourth-order valence-electron chi connectivity index (χ4n) is 4.32. The molecule has 1 N–H and O–H groups in total. The number of rotatable bonds is 11. The van der Waals surface area contributed by atoms with E-state index in [1.54, 1.807) is 12.1 Å². The van der Waals surface area contributed by atoms with Gasteiger partial charge in [-0.05, 0) is 72.9 Å². The van der Waals surface area contributed by atoms with Gasteiger partial charge in [-0.1, -0.05) is 31.1 Å². The summed E-state index contributed by atoms with van der Waals surface area (Å²) in [6.45, 7) is 4.31. The summed E-state index contributed by atoms with van der Waals surface area (Å²) in [5.41, 5.74) is 2.70. The van der Waals surface area contributed by atoms with Crippen LogP contribution in [0.3, 0.4) is 0 Å². The molecule has 7 heteroatoms. The lowest BCUT2D eigenvalue weighted by Gasteiger charge is -2.16. The van der Waals surface area contributed by atoms with Crippen LogP contribution < -0.4 is 9.47 Å². The number of benzene rings is 2. The van der Waals surface area contributed by atoms with Gasteiger partial charge in [-0.3, -0.25) is 4.79 Å². The molecule has 6 nitrogen and oxygen atoms in total. The van der Waals surface area contributed by atoms with Crippen molar-refractivity contribution in [3.05, 3.63) is 65.1 Å². The topological polar surface area (TPSA) is 81.8 Å². The maximum Gasteiger partial charge on any atom is 0.303 e. The minimum atomic E-state index is -0.790. The number of hydrogen-bond acceptors (Lipinski definition) is 5. The van der Waals surface area contributed by atoms with Crippen molar-refractivity contribution in [1.29, 1.82) is 0 Å². The van der Waals surface area contributed by atoms with Crippen LogP contribution in [-0.4, -0.2) is 23.3 Å². The molecule has 4 rings (SSSR count). The summed E-state index contributed by atoms with van der Waals surface area (Å²) >= 11 is 0. The molecule has 1 aliphatic rings. The molecule has 1 aromatic heterocycles. The van der Waals surface area contributed by atoms with Crippen molar-refractivity contribution >= 4 is 5.97 Å². The van der Waals surface area contributed by atoms with E-state index in [0.717, 1.165) is 24.0 Å². The summed E-state index contributed by atoms with van der Waals surface area (Å²) in [7, 11) is 1.53. The Hall–Kier alpha value is -3.35. The van der Waals surface area contributed by atoms with Crippen LogP contribution in [0.4, 0.5) is 4.39 Å². The Balaban J connectivity index is 1.57. The van der Waals surface area contributed by atoms with Gasteiger partial charge in [-0.15, -0.1) is 0 Å². The molecule has 1 unspecified atom stereocenters. The molecule has 1 atom stereocenters. The minimum absolute atomic E-state index is 0.00718. The van der Waals surface area contributed by atoms with Crippen LogP contribution in [-0.2, 0) is 17.8 Å². The highest BCUT2D eigenvalue weighted by molar-refractivity contribution is 5.68. The van der Waals surface area contributed by atoms with Crippen LogP contribution >= 0.6 is 0 Å². The second kappa shape index (κ2) is 10.3. The minimum Gasteiger partial charge on any atom is -0.497 e. The van der Waals surface area contributed by atoms with Crippen molar-refractivity contribution in [2.45, 2.75) is 52.1 Å². The molecule has 0 aliphatic heterocycles. The molecular formula is C27H30FNO5. The van der Waals surface area contributed by atoms with E-state index < -0.39 is 11.8 Å². The molecule has 1 saturated carbocycles. The van der Waals surface area contributed by atoms with Crippen LogP contribution in [0.5, 0.6) is 11.5 Å². The molecule has 3 aromatic rings. The average Bonchev–Trinajstić information content (AvgIpc) is 3.58. The lowest BCUT2D eigenvalue weighted by molar-refractivity contribution is -0.137. The molecule has 0 spiro atoms. The molecule has 34 heavy (non-hydrogen) atoms. The van der Waals surface area contributed by atoms with Gasteiger partial charge in [0.1, 0.15) is 29.6 Å². The van der Waals surface area contributed by atoms with Crippen LogP contribution in [0.15, 0.2) is 47.0 Å². The van der Waals surface area contributed by atoms with E-state index in [9.17, 15) is 14.3 Å². The number of hydrogen-bond donors (Lipinski definition) is 1. The van der Waals surface area contributed by atoms with Gasteiger partial charge >= 0.3 is 5.97 Å². The maximum absolute atomic E-state index is 14.6. The summed E-state index contributed by atoms with van der Waals surface area (Å²) in [4.78, 5) is 11.3. The molecule has 0 saturated heterocycles. The largest absolute Gasteiger partial charge is 0.497 e. The Morgan fingerprint density at radius 1 is 1.21 bits per heavy atom. The third kappa shape index (κ3) is 5.58. The number of nitrogens with zero attached hydrogens (tertiary/aromatic N) is 1. The second-order valence-corrected chi connectivity index (χ2v) is 9.28. The monoisotopic (exact) mass is 467 g/mol. The summed E-state index contributed by atoms with van der Waals surface area (Å²) in [5, 5.41) is 13.5. The first-order valence-corrected chi connectivity index (χ1v) is 11.6. The number of halogens is 1. The molecule has 1 fully saturated rings. The Bertz CT molecular complexity index is 1150. The average molecular weight is 468 g/mol. The Labute approximate surface area is 198 Å². The molecule has 180 valence electrons. The molecule has 0 amide bonds. The quantitative estimate of drug-likeness (QED) is 0.360. The van der Waals surface area contributed by atoms with Gasteiger partial charge in [0.25, 0.3) is 0 Å². The number of ether oxygens (including phenoxy) is 2. The number of carboxylic acids is 1. The number of aromatic nitrogens is 1. The van der Waals surface area contributed by atoms with E-state index in [1.807, 2.05) is 24.3 Å². The lowest BCUT2D eigenvalue weighted by Crippen LogP contribution is -2.09. The molecule has 0 bridgehead atoms. The van der Waals surface area contributed by atoms with Gasteiger partial charge in [0, 0.05) is 5.56 Å². The highest BCUT2D eigenvalue weighted by Gasteiger charge is 2.34. The van der Waals surface area contributed by atoms with Crippen molar-refractivity contribution in [3.8, 4) is 22.8 Å². The van der Waals surface area contributed by atoms with E-state index in [2.05, 4.69) is 19.0 Å². The predicted molar refractivity (Wildman–Crippen MR) is 125 cm³/mol. The second-order valence-electron chi connectivity index (χ2n) is 9.28. The zero-order chi connectivity index (χ0) is 24.2. The van der Waals surface area contributed by atoms with Gasteiger partial charge in [0.05, 0.1) is 19.1 Å². The molecule has 0 radical (unpaired) electrons. The van der Waals surface area contributed by atoms with Crippen molar-refractivity contribution in [1.82, 2.24) is 5.16 Å². The van der Waals surface area contributed by atoms with Crippen LogP contribution in [0, 0.1) is 17.7 Å². The first-order chi connectivity index (χ1) is 16.4. The zero-order valence-electron chi connectivity index (χ0n) is 19.7. The fourth-order valence-corrected chi connectivity index (χ4v) is 4.32. The standard InChI is InChI=1S/C27H30FNO5/c1-16(2)11-23-25(29-34-27(23)22-13-19(32-3)9-10-24(22)28)15-33-20-6-4-5-18(12-20)21(14-26(30)31)17-7-8-17/h4-6,9-10,12-13,16-17,21H,7-8,11,14-15H2,1-3H3,(H,30,31). The van der Waals surface area contributed by atoms with Gasteiger partial charge < -0.3 is 19.1 Å². The first kappa shape index (κ1) is 23.8. The van der Waals surface area contributed by atoms with Gasteiger partial charge in [0.2, 0.25) is 0 Å². The highest BCUT2D eigenvalue weighted by Crippen LogP contribution is 2.45. The van der Waals surface area contributed by atoms with Crippen molar-refractivity contribution in [2.75, 3.05) is 7.11 Å². The van der Waals surface area contributed by atoms with Gasteiger partial charge in [-0.25, -0.2) is 4.39 Å². The SMILES string of the molecule is COc1ccc(F)c(-c2onc(COc3cccc(C(CC(=O)O)C4CC4)c3)c2CC(C)C)c1. The molecular weight excluding hydrogens is 437 g/mol. The lowest BCUT2D eigenvalue weighted by atomic mass is 9.91. The Kier molecular flexibility index (Phi) is 7.20.